The average Bonchev–Trinajstić information content (AvgIpc) is 2.89. The quantitative estimate of drug-likeness (QED) is 0.261. The van der Waals surface area contributed by atoms with E-state index < -0.39 is 11.6 Å². The van der Waals surface area contributed by atoms with Gasteiger partial charge in [0.1, 0.15) is 0 Å². The number of anilines is 2. The zero-order valence-electron chi connectivity index (χ0n) is 17.6. The molecule has 0 atom stereocenters. The molecule has 2 aromatic heterocycles. The van der Waals surface area contributed by atoms with Crippen LogP contribution in [0.4, 0.5) is 11.4 Å². The minimum absolute atomic E-state index is 0.356. The SMILES string of the molecule is O=C(C(=O)c1ccc(Nc2ccnc3cc(-c4ccccn4)ccc23)cc1)c1ccccc1. The van der Waals surface area contributed by atoms with Crippen LogP contribution in [0.25, 0.3) is 22.2 Å². The number of hydrogen-bond donors (Lipinski definition) is 1. The molecule has 1 N–H and O–H groups in total. The maximum absolute atomic E-state index is 12.6. The maximum atomic E-state index is 12.6. The molecule has 0 aliphatic heterocycles. The lowest BCUT2D eigenvalue weighted by Crippen LogP contribution is -2.14. The zero-order valence-corrected chi connectivity index (χ0v) is 17.6. The Kier molecular flexibility index (Phi) is 5.43. The number of nitrogens with one attached hydrogen (secondary N) is 1. The van der Waals surface area contributed by atoms with Crippen molar-refractivity contribution in [2.75, 3.05) is 5.32 Å². The van der Waals surface area contributed by atoms with E-state index in [1.165, 1.54) is 0 Å². The predicted octanol–water partition coefficient (Wildman–Crippen LogP) is 6.11. The van der Waals surface area contributed by atoms with E-state index in [4.69, 9.17) is 0 Å². The summed E-state index contributed by atoms with van der Waals surface area (Å²) >= 11 is 0. The van der Waals surface area contributed by atoms with E-state index in [0.717, 1.165) is 33.5 Å². The lowest BCUT2D eigenvalue weighted by atomic mass is 10.0. The van der Waals surface area contributed by atoms with Gasteiger partial charge in [0.25, 0.3) is 0 Å². The topological polar surface area (TPSA) is 72.0 Å². The van der Waals surface area contributed by atoms with Crippen LogP contribution in [-0.4, -0.2) is 21.5 Å². The van der Waals surface area contributed by atoms with Crippen LogP contribution in [0.2, 0.25) is 0 Å². The number of nitrogens with zero attached hydrogens (tertiary/aromatic N) is 2. The summed E-state index contributed by atoms with van der Waals surface area (Å²) in [5.41, 5.74) is 5.19. The Labute approximate surface area is 190 Å². The molecule has 5 heteroatoms. The van der Waals surface area contributed by atoms with Gasteiger partial charge >= 0.3 is 0 Å². The normalized spacial score (nSPS) is 10.7. The van der Waals surface area contributed by atoms with E-state index in [2.05, 4.69) is 15.3 Å². The van der Waals surface area contributed by atoms with Gasteiger partial charge in [0.2, 0.25) is 11.6 Å². The molecule has 5 nitrogen and oxygen atoms in total. The van der Waals surface area contributed by atoms with Gasteiger partial charge in [-0.2, -0.15) is 0 Å². The van der Waals surface area contributed by atoms with Crippen LogP contribution < -0.4 is 5.32 Å². The first-order chi connectivity index (χ1) is 16.2. The highest BCUT2D eigenvalue weighted by Crippen LogP contribution is 2.28. The molecule has 33 heavy (non-hydrogen) atoms. The lowest BCUT2D eigenvalue weighted by Gasteiger charge is -2.11. The lowest BCUT2D eigenvalue weighted by molar-refractivity contribution is 0.0817. The van der Waals surface area contributed by atoms with Gasteiger partial charge in [-0.15, -0.1) is 0 Å². The fourth-order valence-corrected chi connectivity index (χ4v) is 3.66. The summed E-state index contributed by atoms with van der Waals surface area (Å²) < 4.78 is 0. The van der Waals surface area contributed by atoms with E-state index >= 15 is 0 Å². The van der Waals surface area contributed by atoms with Crippen molar-refractivity contribution in [3.8, 4) is 11.3 Å². The van der Waals surface area contributed by atoms with Crippen LogP contribution in [0.5, 0.6) is 0 Å². The van der Waals surface area contributed by atoms with Crippen molar-refractivity contribution in [3.63, 3.8) is 0 Å². The zero-order chi connectivity index (χ0) is 22.6. The third-order valence-corrected chi connectivity index (χ3v) is 5.37. The number of ketones is 2. The maximum Gasteiger partial charge on any atom is 0.233 e. The molecule has 0 aliphatic carbocycles. The highest BCUT2D eigenvalue weighted by molar-refractivity contribution is 6.49. The second-order valence-corrected chi connectivity index (χ2v) is 7.53. The standard InChI is InChI=1S/C28H19N3O2/c32-27(19-6-2-1-3-7-19)28(33)20-9-12-22(13-10-20)31-25-15-17-30-26-18-21(11-14-23(25)26)24-8-4-5-16-29-24/h1-18H,(H,30,31). The Balaban J connectivity index is 1.37. The van der Waals surface area contributed by atoms with E-state index in [-0.39, 0.29) is 0 Å². The molecular weight excluding hydrogens is 410 g/mol. The Bertz CT molecular complexity index is 1450. The highest BCUT2D eigenvalue weighted by atomic mass is 16.2. The van der Waals surface area contributed by atoms with Crippen LogP contribution in [-0.2, 0) is 0 Å². The number of Topliss-reactive ketones (excluding diaryl/α,β-unsaturated/α-hetero) is 2. The Morgan fingerprint density at radius 2 is 1.36 bits per heavy atom. The fourth-order valence-electron chi connectivity index (χ4n) is 3.66. The van der Waals surface area contributed by atoms with Crippen molar-refractivity contribution in [2.45, 2.75) is 0 Å². The van der Waals surface area contributed by atoms with Gasteiger partial charge in [-0.3, -0.25) is 19.6 Å². The molecule has 0 amide bonds. The molecule has 0 radical (unpaired) electrons. The molecule has 5 rings (SSSR count). The Hall–Kier alpha value is -4.64. The minimum Gasteiger partial charge on any atom is -0.355 e. The molecule has 3 aromatic carbocycles. The van der Waals surface area contributed by atoms with Crippen LogP contribution in [0.3, 0.4) is 0 Å². The number of benzene rings is 3. The summed E-state index contributed by atoms with van der Waals surface area (Å²) in [7, 11) is 0. The molecule has 2 heterocycles. The number of aromatic nitrogens is 2. The summed E-state index contributed by atoms with van der Waals surface area (Å²) in [5, 5.41) is 4.35. The minimum atomic E-state index is -0.524. The molecule has 0 fully saturated rings. The van der Waals surface area contributed by atoms with Gasteiger partial charge < -0.3 is 5.32 Å². The average molecular weight is 429 g/mol. The Morgan fingerprint density at radius 3 is 2.09 bits per heavy atom. The third kappa shape index (κ3) is 4.25. The molecule has 0 saturated carbocycles. The first kappa shape index (κ1) is 20.3. The summed E-state index contributed by atoms with van der Waals surface area (Å²) in [6, 6.07) is 29.3. The molecule has 158 valence electrons. The van der Waals surface area contributed by atoms with Gasteiger partial charge in [-0.25, -0.2) is 0 Å². The van der Waals surface area contributed by atoms with Gasteiger partial charge in [-0.05, 0) is 48.5 Å². The van der Waals surface area contributed by atoms with Crippen molar-refractivity contribution in [1.82, 2.24) is 9.97 Å². The number of carbonyl (C=O) groups excluding carboxylic acids is 2. The van der Waals surface area contributed by atoms with Crippen LogP contribution in [0.1, 0.15) is 20.7 Å². The fraction of sp³-hybridized carbons (Fsp3) is 0. The largest absolute Gasteiger partial charge is 0.355 e. The summed E-state index contributed by atoms with van der Waals surface area (Å²) in [5.74, 6) is -1.04. The first-order valence-electron chi connectivity index (χ1n) is 10.5. The number of rotatable bonds is 6. The Morgan fingerprint density at radius 1 is 0.636 bits per heavy atom. The first-order valence-corrected chi connectivity index (χ1v) is 10.5. The number of carbonyl (C=O) groups is 2. The smallest absolute Gasteiger partial charge is 0.233 e. The van der Waals surface area contributed by atoms with Gasteiger partial charge in [0.05, 0.1) is 11.2 Å². The van der Waals surface area contributed by atoms with Crippen molar-refractivity contribution in [1.29, 1.82) is 0 Å². The number of pyridine rings is 2. The second-order valence-electron chi connectivity index (χ2n) is 7.53. The number of fused-ring (bicyclic) bond motifs is 1. The summed E-state index contributed by atoms with van der Waals surface area (Å²) in [6.45, 7) is 0. The molecule has 0 saturated heterocycles. The molecule has 0 unspecified atom stereocenters. The van der Waals surface area contributed by atoms with Crippen molar-refractivity contribution >= 4 is 33.8 Å². The predicted molar refractivity (Wildman–Crippen MR) is 130 cm³/mol. The molecule has 5 aromatic rings. The van der Waals surface area contributed by atoms with Crippen LogP contribution in [0.15, 0.2) is 109 Å². The third-order valence-electron chi connectivity index (χ3n) is 5.37. The monoisotopic (exact) mass is 429 g/mol. The van der Waals surface area contributed by atoms with E-state index in [1.54, 1.807) is 60.9 Å². The van der Waals surface area contributed by atoms with Crippen molar-refractivity contribution < 1.29 is 9.59 Å². The molecule has 0 bridgehead atoms. The van der Waals surface area contributed by atoms with Gasteiger partial charge in [0, 0.05) is 45.8 Å². The van der Waals surface area contributed by atoms with Gasteiger partial charge in [-0.1, -0.05) is 48.5 Å². The number of hydrogen-bond acceptors (Lipinski definition) is 5. The van der Waals surface area contributed by atoms with E-state index in [9.17, 15) is 9.59 Å². The molecule has 0 aliphatic rings. The molecular formula is C28H19N3O2. The highest BCUT2D eigenvalue weighted by Gasteiger charge is 2.17. The second kappa shape index (κ2) is 8.85. The van der Waals surface area contributed by atoms with Gasteiger partial charge in [0.15, 0.2) is 0 Å². The van der Waals surface area contributed by atoms with E-state index in [0.29, 0.717) is 11.1 Å². The molecule has 0 spiro atoms. The van der Waals surface area contributed by atoms with Crippen LogP contribution >= 0.6 is 0 Å². The summed E-state index contributed by atoms with van der Waals surface area (Å²) in [4.78, 5) is 33.9. The van der Waals surface area contributed by atoms with E-state index in [1.807, 2.05) is 48.5 Å². The summed E-state index contributed by atoms with van der Waals surface area (Å²) in [6.07, 6.45) is 3.52. The van der Waals surface area contributed by atoms with Crippen LogP contribution in [0, 0.1) is 0 Å². The van der Waals surface area contributed by atoms with Crippen molar-refractivity contribution in [3.05, 3.63) is 121 Å². The van der Waals surface area contributed by atoms with Crippen molar-refractivity contribution in [2.24, 2.45) is 0 Å².